The summed E-state index contributed by atoms with van der Waals surface area (Å²) < 4.78 is 29.4. The third kappa shape index (κ3) is 10.8. The first-order valence-corrected chi connectivity index (χ1v) is 19.6. The molecular weight excluding hydrogens is 485 g/mol. The lowest BCUT2D eigenvalue weighted by molar-refractivity contribution is -0.131. The molecule has 1 aromatic carbocycles. The third-order valence-corrected chi connectivity index (χ3v) is 8.63. The summed E-state index contributed by atoms with van der Waals surface area (Å²) in [7, 11) is 1.83. The SMILES string of the molecule is COc1cc(/C=C/C(=O)O)c(CCC(C)C[Si]C(O[Si](C)(C)C)O[Si](C)(C)C)c(OC)c1OC. The zero-order valence-corrected chi connectivity index (χ0v) is 25.4. The third-order valence-electron chi connectivity index (χ3n) is 4.81. The lowest BCUT2D eigenvalue weighted by Gasteiger charge is -2.32. The molecule has 1 rings (SSSR count). The van der Waals surface area contributed by atoms with Gasteiger partial charge in [0.25, 0.3) is 0 Å². The average molecular weight is 527 g/mol. The van der Waals surface area contributed by atoms with E-state index >= 15 is 0 Å². The van der Waals surface area contributed by atoms with Crippen molar-refractivity contribution in [3.8, 4) is 17.2 Å². The molecule has 34 heavy (non-hydrogen) atoms. The van der Waals surface area contributed by atoms with Crippen LogP contribution in [0.5, 0.6) is 17.2 Å². The van der Waals surface area contributed by atoms with Crippen LogP contribution in [-0.2, 0) is 20.1 Å². The fourth-order valence-corrected chi connectivity index (χ4v) is 8.41. The molecule has 0 bridgehead atoms. The van der Waals surface area contributed by atoms with E-state index in [1.807, 2.05) is 0 Å². The Hall–Kier alpha value is -1.60. The average Bonchev–Trinajstić information content (AvgIpc) is 2.71. The number of hydrogen-bond acceptors (Lipinski definition) is 6. The van der Waals surface area contributed by atoms with Gasteiger partial charge >= 0.3 is 5.97 Å². The van der Waals surface area contributed by atoms with E-state index in [2.05, 4.69) is 46.2 Å². The molecule has 1 unspecified atom stereocenters. The summed E-state index contributed by atoms with van der Waals surface area (Å²) in [5.74, 6) is 0.858. The largest absolute Gasteiger partial charge is 0.493 e. The van der Waals surface area contributed by atoms with Gasteiger partial charge in [0.05, 0.1) is 21.3 Å². The van der Waals surface area contributed by atoms with Crippen LogP contribution in [0.2, 0.25) is 45.3 Å². The Kier molecular flexibility index (Phi) is 12.1. The molecular formula is C24H42O7Si3. The van der Waals surface area contributed by atoms with Crippen LogP contribution >= 0.6 is 0 Å². The second-order valence-corrected chi connectivity index (χ2v) is 20.4. The fourth-order valence-electron chi connectivity index (χ4n) is 3.34. The molecule has 0 spiro atoms. The molecule has 1 N–H and O–H groups in total. The van der Waals surface area contributed by atoms with Crippen molar-refractivity contribution < 1.29 is 33.0 Å². The number of carboxylic acids is 1. The highest BCUT2D eigenvalue weighted by molar-refractivity contribution is 6.71. The van der Waals surface area contributed by atoms with Crippen molar-refractivity contribution >= 4 is 38.2 Å². The molecule has 1 atom stereocenters. The highest BCUT2D eigenvalue weighted by atomic mass is 28.4. The van der Waals surface area contributed by atoms with Gasteiger partial charge in [-0.3, -0.25) is 0 Å². The van der Waals surface area contributed by atoms with E-state index in [4.69, 9.17) is 28.2 Å². The minimum Gasteiger partial charge on any atom is -0.493 e. The highest BCUT2D eigenvalue weighted by Crippen LogP contribution is 2.43. The number of benzene rings is 1. The molecule has 1 aromatic rings. The Morgan fingerprint density at radius 3 is 2.00 bits per heavy atom. The molecule has 10 heteroatoms. The van der Waals surface area contributed by atoms with Crippen LogP contribution in [0.4, 0.5) is 0 Å². The quantitative estimate of drug-likeness (QED) is 0.184. The van der Waals surface area contributed by atoms with E-state index in [0.29, 0.717) is 39.1 Å². The van der Waals surface area contributed by atoms with Crippen LogP contribution in [0.3, 0.4) is 0 Å². The van der Waals surface area contributed by atoms with E-state index < -0.39 is 22.6 Å². The maximum Gasteiger partial charge on any atom is 0.328 e. The van der Waals surface area contributed by atoms with Gasteiger partial charge in [-0.25, -0.2) is 4.79 Å². The van der Waals surface area contributed by atoms with Gasteiger partial charge in [0.1, 0.15) is 15.4 Å². The first-order valence-electron chi connectivity index (χ1n) is 11.5. The van der Waals surface area contributed by atoms with Gasteiger partial charge < -0.3 is 28.2 Å². The molecule has 0 heterocycles. The monoisotopic (exact) mass is 526 g/mol. The second kappa shape index (κ2) is 13.5. The number of hydrogen-bond donors (Lipinski definition) is 1. The van der Waals surface area contributed by atoms with E-state index in [1.165, 1.54) is 0 Å². The summed E-state index contributed by atoms with van der Waals surface area (Å²) in [6, 6.07) is 2.79. The van der Waals surface area contributed by atoms with E-state index in [9.17, 15) is 4.79 Å². The van der Waals surface area contributed by atoms with E-state index in [1.54, 1.807) is 33.5 Å². The number of carbonyl (C=O) groups is 1. The smallest absolute Gasteiger partial charge is 0.328 e. The maximum absolute atomic E-state index is 11.1. The summed E-state index contributed by atoms with van der Waals surface area (Å²) in [6.45, 7) is 15.4. The van der Waals surface area contributed by atoms with Crippen LogP contribution in [0.25, 0.3) is 6.08 Å². The lowest BCUT2D eigenvalue weighted by Crippen LogP contribution is -2.43. The van der Waals surface area contributed by atoms with Gasteiger partial charge in [0.15, 0.2) is 28.1 Å². The molecule has 2 radical (unpaired) electrons. The minimum atomic E-state index is -1.71. The molecule has 0 saturated carbocycles. The van der Waals surface area contributed by atoms with Crippen molar-refractivity contribution in [1.29, 1.82) is 0 Å². The summed E-state index contributed by atoms with van der Waals surface area (Å²) in [4.78, 5) is 11.1. The second-order valence-electron chi connectivity index (χ2n) is 10.2. The number of aliphatic carboxylic acids is 1. The molecule has 0 aliphatic heterocycles. The van der Waals surface area contributed by atoms with Crippen LogP contribution < -0.4 is 14.2 Å². The molecule has 192 valence electrons. The van der Waals surface area contributed by atoms with Gasteiger partial charge in [-0.15, -0.1) is 0 Å². The van der Waals surface area contributed by atoms with Crippen LogP contribution in [-0.4, -0.2) is 64.5 Å². The predicted octanol–water partition coefficient (Wildman–Crippen LogP) is 5.49. The lowest BCUT2D eigenvalue weighted by atomic mass is 9.96. The fraction of sp³-hybridized carbons (Fsp3) is 0.625. The molecule has 0 aromatic heterocycles. The molecule has 0 fully saturated rings. The van der Waals surface area contributed by atoms with Crippen molar-refractivity contribution in [3.63, 3.8) is 0 Å². The summed E-state index contributed by atoms with van der Waals surface area (Å²) in [6.07, 6.45) is 4.32. The number of methoxy groups -OCH3 is 3. The minimum absolute atomic E-state index is 0.134. The van der Waals surface area contributed by atoms with Crippen molar-refractivity contribution in [3.05, 3.63) is 23.3 Å². The predicted molar refractivity (Wildman–Crippen MR) is 143 cm³/mol. The molecule has 0 saturated heterocycles. The molecule has 0 amide bonds. The molecule has 0 aliphatic rings. The number of rotatable bonds is 15. The Morgan fingerprint density at radius 1 is 1.00 bits per heavy atom. The molecule has 7 nitrogen and oxygen atoms in total. The van der Waals surface area contributed by atoms with Crippen molar-refractivity contribution in [2.75, 3.05) is 21.3 Å². The number of carboxylic acid groups (broad SMARTS) is 1. The summed E-state index contributed by atoms with van der Waals surface area (Å²) in [5, 5.41) is 9.13. The van der Waals surface area contributed by atoms with E-state index in [0.717, 1.165) is 29.7 Å². The van der Waals surface area contributed by atoms with Crippen LogP contribution in [0, 0.1) is 5.92 Å². The van der Waals surface area contributed by atoms with Crippen molar-refractivity contribution in [1.82, 2.24) is 0 Å². The Bertz CT molecular complexity index is 813. The Balaban J connectivity index is 3.06. The van der Waals surface area contributed by atoms with Crippen LogP contribution in [0.1, 0.15) is 24.5 Å². The Labute approximate surface area is 209 Å². The normalized spacial score (nSPS) is 13.4. The summed E-state index contributed by atoms with van der Waals surface area (Å²) >= 11 is 0. The molecule has 0 aliphatic carbocycles. The van der Waals surface area contributed by atoms with Gasteiger partial charge in [-0.1, -0.05) is 13.0 Å². The van der Waals surface area contributed by atoms with Gasteiger partial charge in [0, 0.05) is 11.6 Å². The van der Waals surface area contributed by atoms with Gasteiger partial charge in [0.2, 0.25) is 5.75 Å². The van der Waals surface area contributed by atoms with Crippen LogP contribution in [0.15, 0.2) is 12.1 Å². The maximum atomic E-state index is 11.1. The zero-order chi connectivity index (χ0) is 26.1. The first-order chi connectivity index (χ1) is 15.7. The van der Waals surface area contributed by atoms with Crippen molar-refractivity contribution in [2.45, 2.75) is 71.0 Å². The Morgan fingerprint density at radius 2 is 1.56 bits per heavy atom. The zero-order valence-electron chi connectivity index (χ0n) is 22.4. The van der Waals surface area contributed by atoms with Gasteiger partial charge in [-0.2, -0.15) is 0 Å². The standard InChI is InChI=1S/C24H42O7Si3/c1-17(16-32-24(30-33(5,6)7)31-34(8,9)10)11-13-19-18(12-14-21(25)26)15-20(27-2)23(29-4)22(19)28-3/h12,14-15,17,24H,11,13,16H2,1-10H3,(H,25,26)/b14-12+. The first kappa shape index (κ1) is 30.4. The summed E-state index contributed by atoms with van der Waals surface area (Å²) in [5.41, 5.74) is 1.65. The highest BCUT2D eigenvalue weighted by Gasteiger charge is 2.28. The van der Waals surface area contributed by atoms with Gasteiger partial charge in [-0.05, 0) is 75.7 Å². The van der Waals surface area contributed by atoms with E-state index in [-0.39, 0.29) is 5.91 Å². The van der Waals surface area contributed by atoms with Crippen molar-refractivity contribution in [2.24, 2.45) is 5.92 Å². The number of ether oxygens (including phenoxy) is 3. The topological polar surface area (TPSA) is 83.5 Å².